The Morgan fingerprint density at radius 3 is 2.97 bits per heavy atom. The number of halogens is 1. The quantitative estimate of drug-likeness (QED) is 0.565. The molecule has 1 aliphatic carbocycles. The first kappa shape index (κ1) is 17.5. The van der Waals surface area contributed by atoms with Crippen LogP contribution in [0.2, 0.25) is 0 Å². The second-order valence-electron chi connectivity index (χ2n) is 7.21. The number of hydrogen-bond donors (Lipinski definition) is 1. The molecule has 0 bridgehead atoms. The zero-order valence-electron chi connectivity index (χ0n) is 15.7. The van der Waals surface area contributed by atoms with Crippen LogP contribution in [0.1, 0.15) is 40.7 Å². The third-order valence-corrected chi connectivity index (χ3v) is 5.34. The van der Waals surface area contributed by atoms with E-state index >= 15 is 0 Å². The summed E-state index contributed by atoms with van der Waals surface area (Å²) < 4.78 is 20.6. The molecular weight excluding hydrogens is 373 g/mol. The van der Waals surface area contributed by atoms with Crippen molar-refractivity contribution in [1.29, 1.82) is 0 Å². The highest BCUT2D eigenvalue weighted by Crippen LogP contribution is 2.39. The van der Waals surface area contributed by atoms with Crippen LogP contribution in [0.5, 0.6) is 0 Å². The van der Waals surface area contributed by atoms with Gasteiger partial charge < -0.3 is 9.84 Å². The summed E-state index contributed by atoms with van der Waals surface area (Å²) in [4.78, 5) is 21.4. The first-order valence-electron chi connectivity index (χ1n) is 9.42. The van der Waals surface area contributed by atoms with E-state index in [1.54, 1.807) is 22.9 Å². The fourth-order valence-corrected chi connectivity index (χ4v) is 3.42. The topological polar surface area (TPSA) is 85.3 Å². The lowest BCUT2D eigenvalue weighted by Crippen LogP contribution is -2.25. The fourth-order valence-electron chi connectivity index (χ4n) is 3.42. The van der Waals surface area contributed by atoms with Gasteiger partial charge in [-0.05, 0) is 43.5 Å². The largest absolute Gasteiger partial charge is 0.339 e. The Balaban J connectivity index is 1.42. The number of pyridine rings is 1. The number of fused-ring (bicyclic) bond motifs is 1. The van der Waals surface area contributed by atoms with Crippen LogP contribution in [-0.4, -0.2) is 31.6 Å². The van der Waals surface area contributed by atoms with E-state index in [0.717, 1.165) is 12.0 Å². The van der Waals surface area contributed by atoms with Crippen LogP contribution < -0.4 is 5.32 Å². The average Bonchev–Trinajstić information content (AvgIpc) is 3.36. The van der Waals surface area contributed by atoms with Gasteiger partial charge in [0.05, 0.1) is 12.1 Å². The third kappa shape index (κ3) is 3.06. The molecule has 1 N–H and O–H groups in total. The average molecular weight is 391 g/mol. The van der Waals surface area contributed by atoms with E-state index in [-0.39, 0.29) is 11.8 Å². The van der Waals surface area contributed by atoms with Crippen molar-refractivity contribution in [2.24, 2.45) is 0 Å². The molecule has 0 radical (unpaired) electrons. The van der Waals surface area contributed by atoms with E-state index in [9.17, 15) is 9.18 Å². The molecule has 8 heteroatoms. The molecule has 1 amide bonds. The molecule has 4 aromatic rings. The number of carbonyl (C=O) groups excluding carboxylic acids is 1. The first-order chi connectivity index (χ1) is 14.1. The summed E-state index contributed by atoms with van der Waals surface area (Å²) in [5.41, 5.74) is 3.35. The monoisotopic (exact) mass is 391 g/mol. The number of nitrogens with one attached hydrogen (secondary N) is 1. The fraction of sp³-hybridized carbons (Fsp3) is 0.238. The number of hydrogen-bond acceptors (Lipinski definition) is 5. The molecular formula is C21H18FN5O2. The second-order valence-corrected chi connectivity index (χ2v) is 7.21. The summed E-state index contributed by atoms with van der Waals surface area (Å²) >= 11 is 0. The van der Waals surface area contributed by atoms with E-state index in [4.69, 9.17) is 4.52 Å². The highest BCUT2D eigenvalue weighted by molar-refractivity contribution is 6.04. The van der Waals surface area contributed by atoms with Crippen molar-refractivity contribution in [3.05, 3.63) is 65.9 Å². The zero-order chi connectivity index (χ0) is 20.0. The number of carbonyl (C=O) groups is 1. The highest BCUT2D eigenvalue weighted by Gasteiger charge is 2.36. The molecule has 0 unspecified atom stereocenters. The lowest BCUT2D eigenvalue weighted by atomic mass is 9.83. The highest BCUT2D eigenvalue weighted by atomic mass is 19.1. The van der Waals surface area contributed by atoms with Crippen molar-refractivity contribution in [2.75, 3.05) is 5.32 Å². The van der Waals surface area contributed by atoms with E-state index < -0.39 is 6.17 Å². The Hall–Kier alpha value is -3.55. The Morgan fingerprint density at radius 2 is 2.17 bits per heavy atom. The van der Waals surface area contributed by atoms with Crippen molar-refractivity contribution in [3.63, 3.8) is 0 Å². The molecule has 7 nitrogen and oxygen atoms in total. The molecule has 3 aromatic heterocycles. The summed E-state index contributed by atoms with van der Waals surface area (Å²) in [6, 6.07) is 11.1. The summed E-state index contributed by atoms with van der Waals surface area (Å²) in [5.74, 6) is 0.128. The third-order valence-electron chi connectivity index (χ3n) is 5.34. The Labute approximate surface area is 165 Å². The number of aryl methyl sites for hydroxylation is 1. The molecule has 29 heavy (non-hydrogen) atoms. The second kappa shape index (κ2) is 6.80. The molecule has 1 aromatic carbocycles. The lowest BCUT2D eigenvalue weighted by molar-refractivity contribution is 0.102. The maximum atomic E-state index is 13.6. The molecule has 1 saturated carbocycles. The van der Waals surface area contributed by atoms with Gasteiger partial charge >= 0.3 is 0 Å². The predicted octanol–water partition coefficient (Wildman–Crippen LogP) is 4.16. The van der Waals surface area contributed by atoms with E-state index in [1.807, 2.05) is 37.3 Å². The van der Waals surface area contributed by atoms with E-state index in [1.165, 1.54) is 0 Å². The molecule has 3 heterocycles. The van der Waals surface area contributed by atoms with Crippen molar-refractivity contribution in [1.82, 2.24) is 19.5 Å². The summed E-state index contributed by atoms with van der Waals surface area (Å²) in [5, 5.41) is 6.91. The number of anilines is 1. The molecule has 0 saturated heterocycles. The van der Waals surface area contributed by atoms with Crippen LogP contribution >= 0.6 is 0 Å². The minimum absolute atomic E-state index is 0.271. The minimum Gasteiger partial charge on any atom is -0.339 e. The van der Waals surface area contributed by atoms with E-state index in [0.29, 0.717) is 40.7 Å². The maximum Gasteiger partial charge on any atom is 0.274 e. The minimum atomic E-state index is -0.915. The molecule has 0 spiro atoms. The van der Waals surface area contributed by atoms with Crippen LogP contribution in [0.15, 0.2) is 53.3 Å². The van der Waals surface area contributed by atoms with Crippen LogP contribution in [0, 0.1) is 6.92 Å². The van der Waals surface area contributed by atoms with Gasteiger partial charge in [-0.25, -0.2) is 9.37 Å². The van der Waals surface area contributed by atoms with Crippen LogP contribution in [-0.2, 0) is 0 Å². The van der Waals surface area contributed by atoms with Crippen molar-refractivity contribution in [2.45, 2.75) is 31.9 Å². The predicted molar refractivity (Wildman–Crippen MR) is 104 cm³/mol. The van der Waals surface area contributed by atoms with Gasteiger partial charge in [0.15, 0.2) is 0 Å². The van der Waals surface area contributed by atoms with Gasteiger partial charge in [-0.2, -0.15) is 4.98 Å². The van der Waals surface area contributed by atoms with Gasteiger partial charge in [0, 0.05) is 17.4 Å². The van der Waals surface area contributed by atoms with Gasteiger partial charge in [-0.3, -0.25) is 9.20 Å². The molecule has 5 rings (SSSR count). The molecule has 1 aliphatic rings. The number of benzene rings is 1. The number of nitrogens with zero attached hydrogens (tertiary/aromatic N) is 4. The molecule has 1 fully saturated rings. The summed E-state index contributed by atoms with van der Waals surface area (Å²) in [7, 11) is 0. The standard InChI is InChI=1S/C21H18FN5O2/c1-12-5-6-13(19-25-21(29-26-19)14-7-8-15(14)22)10-16(12)24-20(28)17-11-23-18-4-2-3-9-27(17)18/h2-6,9-11,14-15H,7-8H2,1H3,(H,24,28)/t14-,15+/m1/s1. The van der Waals surface area contributed by atoms with Gasteiger partial charge in [0.2, 0.25) is 11.7 Å². The van der Waals surface area contributed by atoms with Crippen molar-refractivity contribution >= 4 is 17.2 Å². The number of imidazole rings is 1. The lowest BCUT2D eigenvalue weighted by Gasteiger charge is -2.26. The number of alkyl halides is 1. The Kier molecular flexibility index (Phi) is 4.12. The molecule has 146 valence electrons. The Morgan fingerprint density at radius 1 is 1.28 bits per heavy atom. The SMILES string of the molecule is Cc1ccc(-c2noc([C@@H]3CC[C@@H]3F)n2)cc1NC(=O)c1cnc2ccccn12. The summed E-state index contributed by atoms with van der Waals surface area (Å²) in [6.45, 7) is 1.90. The van der Waals surface area contributed by atoms with Gasteiger partial charge in [0.25, 0.3) is 5.91 Å². The Bertz CT molecular complexity index is 1210. The van der Waals surface area contributed by atoms with Crippen LogP contribution in [0.25, 0.3) is 17.0 Å². The van der Waals surface area contributed by atoms with E-state index in [2.05, 4.69) is 20.4 Å². The summed E-state index contributed by atoms with van der Waals surface area (Å²) in [6.07, 6.45) is 3.67. The number of amides is 1. The van der Waals surface area contributed by atoms with Gasteiger partial charge in [-0.15, -0.1) is 0 Å². The molecule has 2 atom stereocenters. The number of aromatic nitrogens is 4. The van der Waals surface area contributed by atoms with Crippen LogP contribution in [0.3, 0.4) is 0 Å². The maximum absolute atomic E-state index is 13.6. The van der Waals surface area contributed by atoms with Crippen molar-refractivity contribution in [3.8, 4) is 11.4 Å². The van der Waals surface area contributed by atoms with Crippen molar-refractivity contribution < 1.29 is 13.7 Å². The number of rotatable bonds is 4. The van der Waals surface area contributed by atoms with Crippen LogP contribution in [0.4, 0.5) is 10.1 Å². The first-order valence-corrected chi connectivity index (χ1v) is 9.42. The zero-order valence-corrected chi connectivity index (χ0v) is 15.7. The van der Waals surface area contributed by atoms with Gasteiger partial charge in [0.1, 0.15) is 17.5 Å². The smallest absolute Gasteiger partial charge is 0.274 e. The van der Waals surface area contributed by atoms with Gasteiger partial charge in [-0.1, -0.05) is 23.4 Å². The normalized spacial score (nSPS) is 18.6. The molecule has 0 aliphatic heterocycles.